The molecule has 0 saturated carbocycles. The van der Waals surface area contributed by atoms with Crippen LogP contribution in [0.3, 0.4) is 0 Å². The summed E-state index contributed by atoms with van der Waals surface area (Å²) in [5.74, 6) is 6.48. The van der Waals surface area contributed by atoms with Gasteiger partial charge in [0, 0.05) is 18.1 Å². The summed E-state index contributed by atoms with van der Waals surface area (Å²) in [6.07, 6.45) is 5.33. The van der Waals surface area contributed by atoms with E-state index >= 15 is 0 Å². The van der Waals surface area contributed by atoms with Gasteiger partial charge in [0.15, 0.2) is 0 Å². The van der Waals surface area contributed by atoms with E-state index in [9.17, 15) is 0 Å². The summed E-state index contributed by atoms with van der Waals surface area (Å²) >= 11 is 1.76. The molecule has 3 N–H and O–H groups in total. The third-order valence-electron chi connectivity index (χ3n) is 4.69. The summed E-state index contributed by atoms with van der Waals surface area (Å²) in [6, 6.07) is 4.12. The number of nitrogens with two attached hydrogens (primary N) is 1. The van der Waals surface area contributed by atoms with E-state index in [4.69, 9.17) is 5.84 Å². The maximum Gasteiger partial charge on any atom is 0.0497 e. The minimum absolute atomic E-state index is 0.345. The second-order valence-electron chi connectivity index (χ2n) is 5.48. The molecular weight excluding hydrogens is 230 g/mol. The topological polar surface area (TPSA) is 41.3 Å². The summed E-state index contributed by atoms with van der Waals surface area (Å²) < 4.78 is 0. The molecule has 0 aromatic carbocycles. The van der Waals surface area contributed by atoms with E-state index in [1.807, 2.05) is 0 Å². The molecule has 2 bridgehead atoms. The Bertz CT molecular complexity index is 351. The lowest BCUT2D eigenvalue weighted by Gasteiger charge is -2.39. The lowest BCUT2D eigenvalue weighted by atomic mass is 9.83. The van der Waals surface area contributed by atoms with Gasteiger partial charge >= 0.3 is 0 Å². The Balaban J connectivity index is 1.76. The standard InChI is InChI=1S/C13H21N3S/c1-16-11-2-3-12(16)7-10(6-11)13(15-14)9-4-5-17-8-9/h4-5,8,10-13,15H,2-3,6-7,14H2,1H3. The zero-order valence-electron chi connectivity index (χ0n) is 10.3. The van der Waals surface area contributed by atoms with Crippen molar-refractivity contribution in [3.05, 3.63) is 22.4 Å². The SMILES string of the molecule is CN1C2CCC1CC(C(NN)c1ccsc1)C2. The molecule has 4 heteroatoms. The molecule has 0 amide bonds. The predicted octanol–water partition coefficient (Wildman–Crippen LogP) is 2.13. The van der Waals surface area contributed by atoms with Crippen LogP contribution >= 0.6 is 11.3 Å². The molecule has 94 valence electrons. The number of nitrogens with one attached hydrogen (secondary N) is 1. The maximum absolute atomic E-state index is 5.78. The van der Waals surface area contributed by atoms with Crippen LogP contribution in [0.1, 0.15) is 37.3 Å². The van der Waals surface area contributed by atoms with Crippen molar-refractivity contribution in [3.8, 4) is 0 Å². The zero-order valence-corrected chi connectivity index (χ0v) is 11.1. The molecular formula is C13H21N3S. The highest BCUT2D eigenvalue weighted by Crippen LogP contribution is 2.42. The number of piperidine rings is 1. The number of rotatable bonds is 3. The fourth-order valence-electron chi connectivity index (χ4n) is 3.68. The summed E-state index contributed by atoms with van der Waals surface area (Å²) in [7, 11) is 2.29. The quantitative estimate of drug-likeness (QED) is 0.639. The van der Waals surface area contributed by atoms with E-state index in [0.717, 1.165) is 12.1 Å². The molecule has 1 aromatic heterocycles. The first-order valence-corrected chi connectivity index (χ1v) is 7.44. The molecule has 3 heterocycles. The summed E-state index contributed by atoms with van der Waals surface area (Å²) in [4.78, 5) is 2.58. The summed E-state index contributed by atoms with van der Waals surface area (Å²) in [5, 5.41) is 4.37. The van der Waals surface area contributed by atoms with Crippen LogP contribution < -0.4 is 11.3 Å². The average molecular weight is 251 g/mol. The molecule has 3 unspecified atom stereocenters. The molecule has 17 heavy (non-hydrogen) atoms. The summed E-state index contributed by atoms with van der Waals surface area (Å²) in [6.45, 7) is 0. The highest BCUT2D eigenvalue weighted by Gasteiger charge is 2.41. The largest absolute Gasteiger partial charge is 0.300 e. The van der Waals surface area contributed by atoms with E-state index in [-0.39, 0.29) is 0 Å². The molecule has 2 fully saturated rings. The predicted molar refractivity (Wildman–Crippen MR) is 71.7 cm³/mol. The Morgan fingerprint density at radius 2 is 2.12 bits per heavy atom. The average Bonchev–Trinajstić information content (AvgIpc) is 2.88. The first-order chi connectivity index (χ1) is 8.29. The van der Waals surface area contributed by atoms with Crippen LogP contribution in [0.2, 0.25) is 0 Å². The van der Waals surface area contributed by atoms with E-state index in [0.29, 0.717) is 12.0 Å². The molecule has 0 radical (unpaired) electrons. The Morgan fingerprint density at radius 1 is 1.41 bits per heavy atom. The molecule has 3 atom stereocenters. The smallest absolute Gasteiger partial charge is 0.0497 e. The fraction of sp³-hybridized carbons (Fsp3) is 0.692. The van der Waals surface area contributed by atoms with Crippen molar-refractivity contribution in [2.24, 2.45) is 11.8 Å². The summed E-state index contributed by atoms with van der Waals surface area (Å²) in [5.41, 5.74) is 4.41. The Labute approximate surface area is 107 Å². The maximum atomic E-state index is 5.78. The van der Waals surface area contributed by atoms with Gasteiger partial charge in [-0.05, 0) is 61.0 Å². The van der Waals surface area contributed by atoms with Crippen LogP contribution in [0, 0.1) is 5.92 Å². The normalized spacial score (nSPS) is 35.1. The van der Waals surface area contributed by atoms with Gasteiger partial charge in [0.25, 0.3) is 0 Å². The van der Waals surface area contributed by atoms with Crippen molar-refractivity contribution in [1.29, 1.82) is 0 Å². The number of hydrogen-bond donors (Lipinski definition) is 2. The molecule has 0 aliphatic carbocycles. The molecule has 2 aliphatic heterocycles. The van der Waals surface area contributed by atoms with E-state index in [1.54, 1.807) is 11.3 Å². The monoisotopic (exact) mass is 251 g/mol. The number of fused-ring (bicyclic) bond motifs is 2. The lowest BCUT2D eigenvalue weighted by molar-refractivity contribution is 0.112. The van der Waals surface area contributed by atoms with Gasteiger partial charge in [0.05, 0.1) is 0 Å². The molecule has 2 saturated heterocycles. The van der Waals surface area contributed by atoms with Crippen molar-refractivity contribution in [2.45, 2.75) is 43.8 Å². The van der Waals surface area contributed by atoms with Gasteiger partial charge in [-0.2, -0.15) is 11.3 Å². The van der Waals surface area contributed by atoms with Gasteiger partial charge in [-0.1, -0.05) is 0 Å². The molecule has 3 nitrogen and oxygen atoms in total. The van der Waals surface area contributed by atoms with Crippen molar-refractivity contribution in [2.75, 3.05) is 7.05 Å². The van der Waals surface area contributed by atoms with Gasteiger partial charge in [-0.25, -0.2) is 0 Å². The molecule has 3 rings (SSSR count). The Morgan fingerprint density at radius 3 is 2.65 bits per heavy atom. The first kappa shape index (κ1) is 11.7. The second-order valence-corrected chi connectivity index (χ2v) is 6.26. The van der Waals surface area contributed by atoms with Crippen LogP contribution in [-0.4, -0.2) is 24.0 Å². The molecule has 1 aromatic rings. The highest BCUT2D eigenvalue weighted by molar-refractivity contribution is 7.07. The lowest BCUT2D eigenvalue weighted by Crippen LogP contribution is -2.44. The Hall–Kier alpha value is -0.420. The number of hydrazine groups is 1. The van der Waals surface area contributed by atoms with Crippen LogP contribution in [0.15, 0.2) is 16.8 Å². The van der Waals surface area contributed by atoms with Crippen LogP contribution in [0.4, 0.5) is 0 Å². The second kappa shape index (κ2) is 4.69. The van der Waals surface area contributed by atoms with Crippen molar-refractivity contribution >= 4 is 11.3 Å². The zero-order chi connectivity index (χ0) is 11.8. The first-order valence-electron chi connectivity index (χ1n) is 6.49. The van der Waals surface area contributed by atoms with E-state index < -0.39 is 0 Å². The van der Waals surface area contributed by atoms with Crippen molar-refractivity contribution < 1.29 is 0 Å². The highest BCUT2D eigenvalue weighted by atomic mass is 32.1. The Kier molecular flexibility index (Phi) is 3.21. The third-order valence-corrected chi connectivity index (χ3v) is 5.39. The van der Waals surface area contributed by atoms with Gasteiger partial charge in [-0.15, -0.1) is 0 Å². The number of thiophene rings is 1. The van der Waals surface area contributed by atoms with Gasteiger partial charge in [0.1, 0.15) is 0 Å². The molecule has 2 aliphatic rings. The van der Waals surface area contributed by atoms with E-state index in [2.05, 4.69) is 34.2 Å². The van der Waals surface area contributed by atoms with Crippen LogP contribution in [0.5, 0.6) is 0 Å². The van der Waals surface area contributed by atoms with Crippen LogP contribution in [-0.2, 0) is 0 Å². The number of nitrogens with zero attached hydrogens (tertiary/aromatic N) is 1. The van der Waals surface area contributed by atoms with Gasteiger partial charge in [0.2, 0.25) is 0 Å². The van der Waals surface area contributed by atoms with Crippen LogP contribution in [0.25, 0.3) is 0 Å². The number of hydrogen-bond acceptors (Lipinski definition) is 4. The van der Waals surface area contributed by atoms with Crippen molar-refractivity contribution in [1.82, 2.24) is 10.3 Å². The third kappa shape index (κ3) is 2.03. The molecule has 0 spiro atoms. The van der Waals surface area contributed by atoms with Gasteiger partial charge in [-0.3, -0.25) is 11.3 Å². The minimum Gasteiger partial charge on any atom is -0.300 e. The van der Waals surface area contributed by atoms with Crippen molar-refractivity contribution in [3.63, 3.8) is 0 Å². The van der Waals surface area contributed by atoms with Gasteiger partial charge < -0.3 is 4.90 Å². The minimum atomic E-state index is 0.345. The fourth-order valence-corrected chi connectivity index (χ4v) is 4.38. The van der Waals surface area contributed by atoms with E-state index in [1.165, 1.54) is 31.2 Å².